The van der Waals surface area contributed by atoms with Crippen LogP contribution in [0.4, 0.5) is 0 Å². The predicted octanol–water partition coefficient (Wildman–Crippen LogP) is 2.70. The highest BCUT2D eigenvalue weighted by Gasteiger charge is 2.19. The van der Waals surface area contributed by atoms with E-state index in [1.54, 1.807) is 48.6 Å². The highest BCUT2D eigenvalue weighted by Crippen LogP contribution is 2.20. The summed E-state index contributed by atoms with van der Waals surface area (Å²) in [6.07, 6.45) is 3.41. The van der Waals surface area contributed by atoms with Crippen molar-refractivity contribution in [1.29, 1.82) is 0 Å². The van der Waals surface area contributed by atoms with E-state index in [2.05, 4.69) is 9.72 Å². The fourth-order valence-corrected chi connectivity index (χ4v) is 2.11. The third-order valence-corrected chi connectivity index (χ3v) is 3.64. The Morgan fingerprint density at radius 2 is 1.59 bits per heavy atom. The van der Waals surface area contributed by atoms with Gasteiger partial charge < -0.3 is 9.64 Å². The lowest BCUT2D eigenvalue weighted by molar-refractivity contribution is 0.0599. The maximum absolute atomic E-state index is 12.5. The molecule has 0 radical (unpaired) electrons. The van der Waals surface area contributed by atoms with Gasteiger partial charge in [-0.05, 0) is 48.9 Å². The number of methoxy groups -OCH3 is 1. The van der Waals surface area contributed by atoms with Crippen molar-refractivity contribution in [2.45, 2.75) is 13.0 Å². The van der Waals surface area contributed by atoms with Crippen molar-refractivity contribution in [1.82, 2.24) is 9.88 Å². The molecular formula is C17H18N2O3. The number of esters is 1. The van der Waals surface area contributed by atoms with Crippen molar-refractivity contribution in [2.75, 3.05) is 14.2 Å². The molecule has 1 amide bonds. The van der Waals surface area contributed by atoms with Crippen molar-refractivity contribution in [3.63, 3.8) is 0 Å². The molecule has 1 atom stereocenters. The Bertz CT molecular complexity index is 653. The lowest BCUT2D eigenvalue weighted by Gasteiger charge is -2.25. The van der Waals surface area contributed by atoms with Crippen LogP contribution < -0.4 is 0 Å². The van der Waals surface area contributed by atoms with Gasteiger partial charge in [0.25, 0.3) is 5.91 Å². The van der Waals surface area contributed by atoms with Crippen LogP contribution in [0.3, 0.4) is 0 Å². The third-order valence-electron chi connectivity index (χ3n) is 3.64. The van der Waals surface area contributed by atoms with Crippen LogP contribution in [0.2, 0.25) is 0 Å². The third kappa shape index (κ3) is 3.31. The summed E-state index contributed by atoms with van der Waals surface area (Å²) in [7, 11) is 3.08. The summed E-state index contributed by atoms with van der Waals surface area (Å²) in [5.41, 5.74) is 1.96. The molecule has 2 aromatic rings. The fourth-order valence-electron chi connectivity index (χ4n) is 2.11. The average Bonchev–Trinajstić information content (AvgIpc) is 2.60. The SMILES string of the molecule is COC(=O)c1ccc(C(=O)N(C)C(C)c2ccncc2)cc1. The van der Waals surface area contributed by atoms with Crippen LogP contribution in [0.15, 0.2) is 48.8 Å². The number of pyridine rings is 1. The lowest BCUT2D eigenvalue weighted by Crippen LogP contribution is -2.29. The molecule has 0 aliphatic heterocycles. The number of rotatable bonds is 4. The first kappa shape index (κ1) is 15.7. The molecule has 1 aromatic carbocycles. The van der Waals surface area contributed by atoms with Crippen molar-refractivity contribution >= 4 is 11.9 Å². The summed E-state index contributed by atoms with van der Waals surface area (Å²) in [6, 6.07) is 10.1. The van der Waals surface area contributed by atoms with Gasteiger partial charge >= 0.3 is 5.97 Å². The Morgan fingerprint density at radius 3 is 2.14 bits per heavy atom. The molecule has 0 saturated carbocycles. The Labute approximate surface area is 129 Å². The van der Waals surface area contributed by atoms with E-state index in [4.69, 9.17) is 0 Å². The zero-order valence-electron chi connectivity index (χ0n) is 12.8. The monoisotopic (exact) mass is 298 g/mol. The van der Waals surface area contributed by atoms with Gasteiger partial charge in [-0.2, -0.15) is 0 Å². The lowest BCUT2D eigenvalue weighted by atomic mass is 10.1. The molecule has 5 heteroatoms. The number of amides is 1. The molecule has 0 saturated heterocycles. The van der Waals surface area contributed by atoms with Crippen LogP contribution in [-0.2, 0) is 4.74 Å². The number of hydrogen-bond acceptors (Lipinski definition) is 4. The van der Waals surface area contributed by atoms with E-state index in [0.717, 1.165) is 5.56 Å². The van der Waals surface area contributed by atoms with Gasteiger partial charge in [0.1, 0.15) is 0 Å². The molecule has 0 N–H and O–H groups in total. The second kappa shape index (κ2) is 6.85. The Morgan fingerprint density at radius 1 is 1.05 bits per heavy atom. The molecule has 0 bridgehead atoms. The predicted molar refractivity (Wildman–Crippen MR) is 82.5 cm³/mol. The van der Waals surface area contributed by atoms with Crippen molar-refractivity contribution in [3.8, 4) is 0 Å². The summed E-state index contributed by atoms with van der Waals surface area (Å²) in [5, 5.41) is 0. The van der Waals surface area contributed by atoms with Crippen LogP contribution in [0.25, 0.3) is 0 Å². The first-order valence-electron chi connectivity index (χ1n) is 6.90. The average molecular weight is 298 g/mol. The minimum atomic E-state index is -0.419. The summed E-state index contributed by atoms with van der Waals surface area (Å²) >= 11 is 0. The highest BCUT2D eigenvalue weighted by atomic mass is 16.5. The summed E-state index contributed by atoms with van der Waals surface area (Å²) in [4.78, 5) is 29.5. The minimum Gasteiger partial charge on any atom is -0.465 e. The molecular weight excluding hydrogens is 280 g/mol. The Hall–Kier alpha value is -2.69. The largest absolute Gasteiger partial charge is 0.465 e. The maximum atomic E-state index is 12.5. The molecule has 1 aromatic heterocycles. The fraction of sp³-hybridized carbons (Fsp3) is 0.235. The van der Waals surface area contributed by atoms with E-state index in [1.807, 2.05) is 19.1 Å². The normalized spacial score (nSPS) is 11.6. The van der Waals surface area contributed by atoms with E-state index in [-0.39, 0.29) is 11.9 Å². The van der Waals surface area contributed by atoms with E-state index in [1.165, 1.54) is 7.11 Å². The maximum Gasteiger partial charge on any atom is 0.337 e. The van der Waals surface area contributed by atoms with E-state index in [9.17, 15) is 9.59 Å². The van der Waals surface area contributed by atoms with Gasteiger partial charge in [0.15, 0.2) is 0 Å². The van der Waals surface area contributed by atoms with E-state index < -0.39 is 5.97 Å². The first-order valence-corrected chi connectivity index (χ1v) is 6.90. The van der Waals surface area contributed by atoms with E-state index in [0.29, 0.717) is 11.1 Å². The number of carbonyl (C=O) groups excluding carboxylic acids is 2. The smallest absolute Gasteiger partial charge is 0.337 e. The molecule has 22 heavy (non-hydrogen) atoms. The number of carbonyl (C=O) groups is 2. The van der Waals surface area contributed by atoms with E-state index >= 15 is 0 Å². The van der Waals surface area contributed by atoms with Crippen LogP contribution in [-0.4, -0.2) is 35.9 Å². The van der Waals surface area contributed by atoms with Gasteiger partial charge in [-0.15, -0.1) is 0 Å². The number of aromatic nitrogens is 1. The Balaban J connectivity index is 2.15. The molecule has 0 fully saturated rings. The van der Waals surface area contributed by atoms with Crippen LogP contribution in [0, 0.1) is 0 Å². The van der Waals surface area contributed by atoms with Crippen molar-refractivity contribution in [3.05, 3.63) is 65.5 Å². The summed E-state index contributed by atoms with van der Waals surface area (Å²) in [5.74, 6) is -0.529. The second-order valence-corrected chi connectivity index (χ2v) is 4.94. The standard InChI is InChI=1S/C17H18N2O3/c1-12(13-8-10-18-11-9-13)19(2)16(20)14-4-6-15(7-5-14)17(21)22-3/h4-12H,1-3H3. The highest BCUT2D eigenvalue weighted by molar-refractivity contribution is 5.96. The molecule has 2 rings (SSSR count). The van der Waals surface area contributed by atoms with Crippen LogP contribution in [0.1, 0.15) is 39.2 Å². The molecule has 1 unspecified atom stereocenters. The number of ether oxygens (including phenoxy) is 1. The number of benzene rings is 1. The zero-order chi connectivity index (χ0) is 16.1. The second-order valence-electron chi connectivity index (χ2n) is 4.94. The molecule has 5 nitrogen and oxygen atoms in total. The number of hydrogen-bond donors (Lipinski definition) is 0. The van der Waals surface area contributed by atoms with Gasteiger partial charge in [0.2, 0.25) is 0 Å². The van der Waals surface area contributed by atoms with Gasteiger partial charge in [-0.1, -0.05) is 0 Å². The van der Waals surface area contributed by atoms with Crippen molar-refractivity contribution in [2.24, 2.45) is 0 Å². The molecule has 1 heterocycles. The van der Waals surface area contributed by atoms with Gasteiger partial charge in [-0.3, -0.25) is 9.78 Å². The summed E-state index contributed by atoms with van der Waals surface area (Å²) < 4.78 is 4.64. The van der Waals surface area contributed by atoms with Crippen LogP contribution >= 0.6 is 0 Å². The molecule has 114 valence electrons. The quantitative estimate of drug-likeness (QED) is 0.814. The number of nitrogens with zero attached hydrogens (tertiary/aromatic N) is 2. The minimum absolute atomic E-state index is 0.0733. The van der Waals surface area contributed by atoms with Gasteiger partial charge in [0, 0.05) is 25.0 Å². The van der Waals surface area contributed by atoms with Gasteiger partial charge in [-0.25, -0.2) is 4.79 Å². The molecule has 0 aliphatic carbocycles. The first-order chi connectivity index (χ1) is 10.5. The molecule has 0 aliphatic rings. The topological polar surface area (TPSA) is 59.5 Å². The van der Waals surface area contributed by atoms with Crippen molar-refractivity contribution < 1.29 is 14.3 Å². The van der Waals surface area contributed by atoms with Gasteiger partial charge in [0.05, 0.1) is 18.7 Å². The summed E-state index contributed by atoms with van der Waals surface area (Å²) in [6.45, 7) is 1.95. The van der Waals surface area contributed by atoms with Crippen LogP contribution in [0.5, 0.6) is 0 Å². The Kier molecular flexibility index (Phi) is 4.88. The zero-order valence-corrected chi connectivity index (χ0v) is 12.8. The molecule has 0 spiro atoms.